The quantitative estimate of drug-likeness (QED) is 0.891. The van der Waals surface area contributed by atoms with Crippen molar-refractivity contribution in [3.8, 4) is 0 Å². The maximum Gasteiger partial charge on any atom is 0.224 e. The Labute approximate surface area is 121 Å². The topological polar surface area (TPSA) is 64.2 Å². The second-order valence-corrected chi connectivity index (χ2v) is 5.88. The summed E-state index contributed by atoms with van der Waals surface area (Å²) in [6, 6.07) is 0. The molecule has 2 rings (SSSR count). The predicted octanol–water partition coefficient (Wildman–Crippen LogP) is 1.69. The average Bonchev–Trinajstić information content (AvgIpc) is 2.79. The summed E-state index contributed by atoms with van der Waals surface area (Å²) in [5.41, 5.74) is 7.78. The normalized spacial score (nSPS) is 23.9. The molecule has 1 unspecified atom stereocenters. The highest BCUT2D eigenvalue weighted by Crippen LogP contribution is 2.33. The molecule has 0 aromatic carbocycles. The van der Waals surface area contributed by atoms with Crippen LogP contribution in [0.5, 0.6) is 0 Å². The minimum atomic E-state index is -0.340. The summed E-state index contributed by atoms with van der Waals surface area (Å²) in [7, 11) is 0. The van der Waals surface area contributed by atoms with Gasteiger partial charge in [-0.25, -0.2) is 0 Å². The van der Waals surface area contributed by atoms with E-state index >= 15 is 0 Å². The fraction of sp³-hybridized carbons (Fsp3) is 0.733. The van der Waals surface area contributed by atoms with E-state index in [0.717, 1.165) is 45.4 Å². The summed E-state index contributed by atoms with van der Waals surface area (Å²) in [4.78, 5) is 14.2. The van der Waals surface area contributed by atoms with Crippen LogP contribution in [0.25, 0.3) is 0 Å². The number of amides is 1. The second kappa shape index (κ2) is 5.95. The highest BCUT2D eigenvalue weighted by Gasteiger charge is 2.39. The van der Waals surface area contributed by atoms with E-state index < -0.39 is 0 Å². The summed E-state index contributed by atoms with van der Waals surface area (Å²) in [5.74, 6) is -0.148. The lowest BCUT2D eigenvalue weighted by atomic mass is 9.77. The van der Waals surface area contributed by atoms with Crippen LogP contribution in [-0.2, 0) is 17.9 Å². The van der Waals surface area contributed by atoms with Crippen LogP contribution in [-0.4, -0.2) is 33.7 Å². The van der Waals surface area contributed by atoms with E-state index in [4.69, 9.17) is 5.73 Å². The van der Waals surface area contributed by atoms with Crippen LogP contribution >= 0.6 is 0 Å². The van der Waals surface area contributed by atoms with Crippen molar-refractivity contribution in [3.05, 3.63) is 17.5 Å². The molecular formula is C15H26N4O. The molecule has 112 valence electrons. The Morgan fingerprint density at radius 1 is 1.50 bits per heavy atom. The number of piperidine rings is 1. The van der Waals surface area contributed by atoms with Crippen molar-refractivity contribution in [1.29, 1.82) is 0 Å². The molecule has 1 aromatic heterocycles. The minimum Gasteiger partial charge on any atom is -0.369 e. The average molecular weight is 278 g/mol. The third-order valence-corrected chi connectivity index (χ3v) is 4.75. The maximum atomic E-state index is 11.8. The molecule has 0 spiro atoms. The van der Waals surface area contributed by atoms with Crippen molar-refractivity contribution in [3.63, 3.8) is 0 Å². The molecule has 1 aliphatic heterocycles. The van der Waals surface area contributed by atoms with E-state index in [9.17, 15) is 4.79 Å². The van der Waals surface area contributed by atoms with Gasteiger partial charge >= 0.3 is 0 Å². The molecule has 0 aliphatic carbocycles. The van der Waals surface area contributed by atoms with E-state index in [1.54, 1.807) is 0 Å². The molecule has 0 bridgehead atoms. The monoisotopic (exact) mass is 278 g/mol. The van der Waals surface area contributed by atoms with Crippen LogP contribution in [0.15, 0.2) is 6.20 Å². The van der Waals surface area contributed by atoms with E-state index in [0.29, 0.717) is 0 Å². The van der Waals surface area contributed by atoms with Crippen LogP contribution < -0.4 is 5.73 Å². The smallest absolute Gasteiger partial charge is 0.224 e. The van der Waals surface area contributed by atoms with E-state index in [1.165, 1.54) is 11.3 Å². The molecule has 1 aliphatic rings. The molecule has 20 heavy (non-hydrogen) atoms. The molecule has 5 nitrogen and oxygen atoms in total. The molecular weight excluding hydrogens is 252 g/mol. The first-order chi connectivity index (χ1) is 9.52. The van der Waals surface area contributed by atoms with Crippen molar-refractivity contribution >= 4 is 5.91 Å². The minimum absolute atomic E-state index is 0.148. The van der Waals surface area contributed by atoms with E-state index in [1.807, 2.05) is 10.9 Å². The Hall–Kier alpha value is -1.36. The molecule has 1 amide bonds. The number of rotatable bonds is 5. The lowest BCUT2D eigenvalue weighted by molar-refractivity contribution is -0.131. The number of hydrogen-bond acceptors (Lipinski definition) is 3. The number of likely N-dealkylation sites (tertiary alicyclic amines) is 1. The first kappa shape index (κ1) is 15.0. The Morgan fingerprint density at radius 3 is 2.80 bits per heavy atom. The fourth-order valence-electron chi connectivity index (χ4n) is 3.23. The molecule has 2 heterocycles. The van der Waals surface area contributed by atoms with Gasteiger partial charge in [0.15, 0.2) is 0 Å². The van der Waals surface area contributed by atoms with Crippen molar-refractivity contribution < 1.29 is 4.79 Å². The standard InChI is InChI=1S/C15H26N4O/c1-4-15(14(16)20)7-6-8-18(11-15)10-13-9-17-19(5-2)12(13)3/h9H,4-8,10-11H2,1-3H3,(H2,16,20). The molecule has 5 heteroatoms. The third kappa shape index (κ3) is 2.73. The second-order valence-electron chi connectivity index (χ2n) is 5.88. The van der Waals surface area contributed by atoms with Gasteiger partial charge in [0, 0.05) is 30.9 Å². The fourth-order valence-corrected chi connectivity index (χ4v) is 3.23. The van der Waals surface area contributed by atoms with Crippen LogP contribution in [0.4, 0.5) is 0 Å². The molecule has 1 atom stereocenters. The molecule has 0 radical (unpaired) electrons. The predicted molar refractivity (Wildman–Crippen MR) is 79.1 cm³/mol. The highest BCUT2D eigenvalue weighted by atomic mass is 16.1. The number of carbonyl (C=O) groups excluding carboxylic acids is 1. The van der Waals surface area contributed by atoms with Gasteiger partial charge in [-0.2, -0.15) is 5.10 Å². The number of hydrogen-bond donors (Lipinski definition) is 1. The van der Waals surface area contributed by atoms with Gasteiger partial charge in [0.25, 0.3) is 0 Å². The van der Waals surface area contributed by atoms with Gasteiger partial charge in [0.1, 0.15) is 0 Å². The van der Waals surface area contributed by atoms with Gasteiger partial charge in [0.05, 0.1) is 11.6 Å². The zero-order chi connectivity index (χ0) is 14.8. The summed E-state index contributed by atoms with van der Waals surface area (Å²) >= 11 is 0. The summed E-state index contributed by atoms with van der Waals surface area (Å²) in [6.45, 7) is 9.83. The number of carbonyl (C=O) groups is 1. The largest absolute Gasteiger partial charge is 0.369 e. The SMILES string of the molecule is CCn1ncc(CN2CCCC(CC)(C(N)=O)C2)c1C. The van der Waals surface area contributed by atoms with Gasteiger partial charge in [-0.1, -0.05) is 6.92 Å². The third-order valence-electron chi connectivity index (χ3n) is 4.75. The number of nitrogens with two attached hydrogens (primary N) is 1. The van der Waals surface area contributed by atoms with E-state index in [-0.39, 0.29) is 11.3 Å². The zero-order valence-corrected chi connectivity index (χ0v) is 12.9. The first-order valence-corrected chi connectivity index (χ1v) is 7.56. The van der Waals surface area contributed by atoms with Crippen molar-refractivity contribution in [2.45, 2.75) is 53.1 Å². The zero-order valence-electron chi connectivity index (χ0n) is 12.9. The molecule has 0 saturated carbocycles. The van der Waals surface area contributed by atoms with Gasteiger partial charge in [0.2, 0.25) is 5.91 Å². The van der Waals surface area contributed by atoms with Crippen molar-refractivity contribution in [2.24, 2.45) is 11.1 Å². The molecule has 1 aromatic rings. The first-order valence-electron chi connectivity index (χ1n) is 7.56. The van der Waals surface area contributed by atoms with Gasteiger partial charge in [-0.3, -0.25) is 14.4 Å². The Morgan fingerprint density at radius 2 is 2.25 bits per heavy atom. The Balaban J connectivity index is 2.09. The highest BCUT2D eigenvalue weighted by molar-refractivity contribution is 5.81. The van der Waals surface area contributed by atoms with Crippen LogP contribution in [0.1, 0.15) is 44.4 Å². The molecule has 2 N–H and O–H groups in total. The van der Waals surface area contributed by atoms with Crippen molar-refractivity contribution in [1.82, 2.24) is 14.7 Å². The van der Waals surface area contributed by atoms with Gasteiger partial charge in [-0.05, 0) is 39.7 Å². The summed E-state index contributed by atoms with van der Waals surface area (Å²) in [5, 5.41) is 4.39. The van der Waals surface area contributed by atoms with Crippen LogP contribution in [0.3, 0.4) is 0 Å². The Bertz CT molecular complexity index is 482. The van der Waals surface area contributed by atoms with E-state index in [2.05, 4.69) is 30.8 Å². The lowest BCUT2D eigenvalue weighted by Crippen LogP contribution is -2.49. The lowest BCUT2D eigenvalue weighted by Gasteiger charge is -2.40. The number of aryl methyl sites for hydroxylation is 1. The summed E-state index contributed by atoms with van der Waals surface area (Å²) < 4.78 is 2.01. The maximum absolute atomic E-state index is 11.8. The van der Waals surface area contributed by atoms with Gasteiger partial charge < -0.3 is 5.73 Å². The van der Waals surface area contributed by atoms with Gasteiger partial charge in [-0.15, -0.1) is 0 Å². The Kier molecular flexibility index (Phi) is 4.48. The number of nitrogens with zero attached hydrogens (tertiary/aromatic N) is 3. The van der Waals surface area contributed by atoms with Crippen molar-refractivity contribution in [2.75, 3.05) is 13.1 Å². The molecule has 1 saturated heterocycles. The summed E-state index contributed by atoms with van der Waals surface area (Å²) in [6.07, 6.45) is 4.73. The number of primary amides is 1. The number of aromatic nitrogens is 2. The molecule has 1 fully saturated rings. The van der Waals surface area contributed by atoms with Crippen LogP contribution in [0.2, 0.25) is 0 Å². The van der Waals surface area contributed by atoms with Crippen LogP contribution in [0, 0.1) is 12.3 Å².